The minimum Gasteiger partial charge on any atom is -0.493 e. The highest BCUT2D eigenvalue weighted by molar-refractivity contribution is 5.98. The molecular formula is C15H21NO5. The third-order valence-corrected chi connectivity index (χ3v) is 3.58. The third kappa shape index (κ3) is 3.65. The highest BCUT2D eigenvalue weighted by Crippen LogP contribution is 2.30. The number of carboxylic acid groups (broad SMARTS) is 1. The van der Waals surface area contributed by atoms with Crippen LogP contribution in [0.25, 0.3) is 0 Å². The molecule has 1 atom stereocenters. The van der Waals surface area contributed by atoms with Gasteiger partial charge in [-0.05, 0) is 25.5 Å². The lowest BCUT2D eigenvalue weighted by atomic mass is 9.87. The SMILES string of the molecule is CCC(C)(CNC(=O)c1cccc(OC)c1OC)C(=O)O. The van der Waals surface area contributed by atoms with Crippen LogP contribution in [0.4, 0.5) is 0 Å². The van der Waals surface area contributed by atoms with E-state index in [2.05, 4.69) is 5.32 Å². The molecule has 0 heterocycles. The Kier molecular flexibility index (Phi) is 5.58. The number of carbonyl (C=O) groups excluding carboxylic acids is 1. The first kappa shape index (κ1) is 16.8. The van der Waals surface area contributed by atoms with Crippen LogP contribution in [0, 0.1) is 5.41 Å². The van der Waals surface area contributed by atoms with E-state index in [-0.39, 0.29) is 6.54 Å². The molecule has 21 heavy (non-hydrogen) atoms. The number of hydrogen-bond donors (Lipinski definition) is 2. The van der Waals surface area contributed by atoms with Crippen molar-refractivity contribution in [2.75, 3.05) is 20.8 Å². The summed E-state index contributed by atoms with van der Waals surface area (Å²) >= 11 is 0. The average Bonchev–Trinajstić information content (AvgIpc) is 2.50. The second kappa shape index (κ2) is 6.97. The molecule has 0 saturated carbocycles. The molecule has 1 amide bonds. The van der Waals surface area contributed by atoms with Crippen LogP contribution in [0.2, 0.25) is 0 Å². The Balaban J connectivity index is 2.93. The fraction of sp³-hybridized carbons (Fsp3) is 0.467. The molecule has 0 saturated heterocycles. The molecular weight excluding hydrogens is 274 g/mol. The van der Waals surface area contributed by atoms with E-state index in [4.69, 9.17) is 9.47 Å². The molecule has 6 nitrogen and oxygen atoms in total. The van der Waals surface area contributed by atoms with Crippen LogP contribution < -0.4 is 14.8 Å². The van der Waals surface area contributed by atoms with Crippen molar-refractivity contribution in [3.8, 4) is 11.5 Å². The van der Waals surface area contributed by atoms with Crippen LogP contribution in [-0.4, -0.2) is 37.7 Å². The van der Waals surface area contributed by atoms with Crippen molar-refractivity contribution in [2.45, 2.75) is 20.3 Å². The molecule has 0 spiro atoms. The maximum absolute atomic E-state index is 12.2. The summed E-state index contributed by atoms with van der Waals surface area (Å²) in [6, 6.07) is 4.95. The number of aliphatic carboxylic acids is 1. The van der Waals surface area contributed by atoms with Crippen molar-refractivity contribution in [3.63, 3.8) is 0 Å². The van der Waals surface area contributed by atoms with E-state index in [1.807, 2.05) is 0 Å². The van der Waals surface area contributed by atoms with Gasteiger partial charge in [-0.25, -0.2) is 0 Å². The largest absolute Gasteiger partial charge is 0.493 e. The van der Waals surface area contributed by atoms with Crippen LogP contribution in [0.1, 0.15) is 30.6 Å². The number of ether oxygens (including phenoxy) is 2. The number of para-hydroxylation sites is 1. The molecule has 2 N–H and O–H groups in total. The summed E-state index contributed by atoms with van der Waals surface area (Å²) in [6.45, 7) is 3.41. The normalized spacial score (nSPS) is 13.1. The molecule has 116 valence electrons. The molecule has 1 aromatic rings. The molecule has 0 bridgehead atoms. The standard InChI is InChI=1S/C15H21NO5/c1-5-15(2,14(18)19)9-16-13(17)10-7-6-8-11(20-3)12(10)21-4/h6-8H,5,9H2,1-4H3,(H,16,17)(H,18,19). The van der Waals surface area contributed by atoms with Gasteiger partial charge in [0.2, 0.25) is 0 Å². The lowest BCUT2D eigenvalue weighted by molar-refractivity contribution is -0.147. The molecule has 0 fully saturated rings. The second-order valence-electron chi connectivity index (χ2n) is 4.94. The van der Waals surface area contributed by atoms with Crippen LogP contribution in [-0.2, 0) is 4.79 Å². The van der Waals surface area contributed by atoms with E-state index in [1.54, 1.807) is 32.0 Å². The fourth-order valence-electron chi connectivity index (χ4n) is 1.79. The summed E-state index contributed by atoms with van der Waals surface area (Å²) in [7, 11) is 2.93. The number of hydrogen-bond acceptors (Lipinski definition) is 4. The topological polar surface area (TPSA) is 84.9 Å². The molecule has 1 rings (SSSR count). The zero-order valence-corrected chi connectivity index (χ0v) is 12.7. The fourth-order valence-corrected chi connectivity index (χ4v) is 1.79. The van der Waals surface area contributed by atoms with E-state index < -0.39 is 17.3 Å². The van der Waals surface area contributed by atoms with Gasteiger partial charge in [-0.2, -0.15) is 0 Å². The van der Waals surface area contributed by atoms with Gasteiger partial charge in [0, 0.05) is 6.54 Å². The van der Waals surface area contributed by atoms with Crippen molar-refractivity contribution in [2.24, 2.45) is 5.41 Å². The van der Waals surface area contributed by atoms with Gasteiger partial charge in [0.15, 0.2) is 11.5 Å². The van der Waals surface area contributed by atoms with Gasteiger partial charge in [0.1, 0.15) is 0 Å². The number of amides is 1. The monoisotopic (exact) mass is 295 g/mol. The summed E-state index contributed by atoms with van der Waals surface area (Å²) in [6.07, 6.45) is 0.415. The smallest absolute Gasteiger partial charge is 0.311 e. The molecule has 6 heteroatoms. The average molecular weight is 295 g/mol. The Morgan fingerprint density at radius 2 is 1.95 bits per heavy atom. The highest BCUT2D eigenvalue weighted by atomic mass is 16.5. The quantitative estimate of drug-likeness (QED) is 0.803. The Labute approximate surface area is 124 Å². The number of nitrogens with one attached hydrogen (secondary N) is 1. The molecule has 0 aliphatic carbocycles. The summed E-state index contributed by atoms with van der Waals surface area (Å²) in [5.74, 6) is -0.567. The molecule has 0 aliphatic rings. The molecule has 0 aromatic heterocycles. The number of carboxylic acids is 1. The molecule has 0 radical (unpaired) electrons. The van der Waals surface area contributed by atoms with Crippen LogP contribution >= 0.6 is 0 Å². The lowest BCUT2D eigenvalue weighted by Gasteiger charge is -2.23. The van der Waals surface area contributed by atoms with Gasteiger partial charge in [0.25, 0.3) is 5.91 Å². The first-order valence-electron chi connectivity index (χ1n) is 6.62. The van der Waals surface area contributed by atoms with Gasteiger partial charge in [-0.1, -0.05) is 13.0 Å². The van der Waals surface area contributed by atoms with Gasteiger partial charge in [-0.3, -0.25) is 9.59 Å². The van der Waals surface area contributed by atoms with Crippen LogP contribution in [0.15, 0.2) is 18.2 Å². The Bertz CT molecular complexity index is 529. The van der Waals surface area contributed by atoms with Gasteiger partial charge in [0.05, 0.1) is 25.2 Å². The maximum Gasteiger partial charge on any atom is 0.311 e. The van der Waals surface area contributed by atoms with E-state index in [0.717, 1.165) is 0 Å². The third-order valence-electron chi connectivity index (χ3n) is 3.58. The Morgan fingerprint density at radius 3 is 2.43 bits per heavy atom. The molecule has 1 aromatic carbocycles. The first-order chi connectivity index (χ1) is 9.89. The Morgan fingerprint density at radius 1 is 1.29 bits per heavy atom. The van der Waals surface area contributed by atoms with Crippen molar-refractivity contribution < 1.29 is 24.2 Å². The summed E-state index contributed by atoms with van der Waals surface area (Å²) in [4.78, 5) is 23.5. The minimum absolute atomic E-state index is 0.0397. The number of rotatable bonds is 7. The zero-order chi connectivity index (χ0) is 16.0. The van der Waals surface area contributed by atoms with E-state index in [9.17, 15) is 14.7 Å². The first-order valence-corrected chi connectivity index (χ1v) is 6.62. The number of benzene rings is 1. The van der Waals surface area contributed by atoms with Crippen molar-refractivity contribution in [1.29, 1.82) is 0 Å². The Hall–Kier alpha value is -2.24. The minimum atomic E-state index is -0.998. The van der Waals surface area contributed by atoms with Gasteiger partial charge >= 0.3 is 5.97 Å². The van der Waals surface area contributed by atoms with Gasteiger partial charge < -0.3 is 19.9 Å². The van der Waals surface area contributed by atoms with E-state index >= 15 is 0 Å². The molecule has 0 aliphatic heterocycles. The lowest BCUT2D eigenvalue weighted by Crippen LogP contribution is -2.40. The predicted molar refractivity (Wildman–Crippen MR) is 77.9 cm³/mol. The van der Waals surface area contributed by atoms with E-state index in [1.165, 1.54) is 14.2 Å². The summed E-state index contributed by atoms with van der Waals surface area (Å²) < 4.78 is 10.3. The maximum atomic E-state index is 12.2. The van der Waals surface area contributed by atoms with Crippen LogP contribution in [0.3, 0.4) is 0 Å². The van der Waals surface area contributed by atoms with E-state index in [0.29, 0.717) is 23.5 Å². The second-order valence-corrected chi connectivity index (χ2v) is 4.94. The summed E-state index contributed by atoms with van der Waals surface area (Å²) in [5, 5.41) is 11.8. The van der Waals surface area contributed by atoms with Crippen molar-refractivity contribution >= 4 is 11.9 Å². The van der Waals surface area contributed by atoms with Crippen molar-refractivity contribution in [1.82, 2.24) is 5.32 Å². The predicted octanol–water partition coefficient (Wildman–Crippen LogP) is 1.93. The number of methoxy groups -OCH3 is 2. The van der Waals surface area contributed by atoms with Crippen LogP contribution in [0.5, 0.6) is 11.5 Å². The van der Waals surface area contributed by atoms with Gasteiger partial charge in [-0.15, -0.1) is 0 Å². The highest BCUT2D eigenvalue weighted by Gasteiger charge is 2.32. The summed E-state index contributed by atoms with van der Waals surface area (Å²) in [5.41, 5.74) is -0.692. The zero-order valence-electron chi connectivity index (χ0n) is 12.7. The van der Waals surface area contributed by atoms with Crippen molar-refractivity contribution in [3.05, 3.63) is 23.8 Å². The number of carbonyl (C=O) groups is 2. The molecule has 1 unspecified atom stereocenters.